The number of amides is 1. The largest absolute Gasteiger partial charge is 0.383 e. The minimum atomic E-state index is 0.0308. The fourth-order valence-corrected chi connectivity index (χ4v) is 3.89. The van der Waals surface area contributed by atoms with Crippen molar-refractivity contribution in [2.75, 3.05) is 31.7 Å². The van der Waals surface area contributed by atoms with Gasteiger partial charge in [-0.15, -0.1) is 0 Å². The summed E-state index contributed by atoms with van der Waals surface area (Å²) >= 11 is 3.54. The van der Waals surface area contributed by atoms with E-state index in [1.165, 1.54) is 0 Å². The Hall–Kier alpha value is -2.51. The van der Waals surface area contributed by atoms with Gasteiger partial charge in [0.1, 0.15) is 5.82 Å². The average molecular weight is 469 g/mol. The van der Waals surface area contributed by atoms with E-state index in [1.54, 1.807) is 7.11 Å². The Labute approximate surface area is 184 Å². The van der Waals surface area contributed by atoms with Crippen molar-refractivity contribution < 1.29 is 9.53 Å². The SMILES string of the molecule is COCCNC(=O)CCN(c1nc(-c2cccc(Br)c2)nc2ccccc12)C1CC1. The van der Waals surface area contributed by atoms with Crippen LogP contribution in [0.25, 0.3) is 22.3 Å². The molecule has 1 aromatic heterocycles. The number of hydrogen-bond donors (Lipinski definition) is 1. The molecule has 0 radical (unpaired) electrons. The predicted octanol–water partition coefficient (Wildman–Crippen LogP) is 4.18. The van der Waals surface area contributed by atoms with E-state index in [0.29, 0.717) is 38.0 Å². The van der Waals surface area contributed by atoms with Gasteiger partial charge in [-0.3, -0.25) is 4.79 Å². The molecule has 4 rings (SSSR count). The highest BCUT2D eigenvalue weighted by Gasteiger charge is 2.31. The molecule has 0 aliphatic heterocycles. The molecule has 0 atom stereocenters. The Morgan fingerprint density at radius 2 is 2.03 bits per heavy atom. The predicted molar refractivity (Wildman–Crippen MR) is 123 cm³/mol. The van der Waals surface area contributed by atoms with Crippen molar-refractivity contribution in [2.24, 2.45) is 0 Å². The zero-order valence-corrected chi connectivity index (χ0v) is 18.6. The van der Waals surface area contributed by atoms with Crippen LogP contribution in [-0.2, 0) is 9.53 Å². The summed E-state index contributed by atoms with van der Waals surface area (Å²) in [6.45, 7) is 1.68. The molecule has 1 saturated carbocycles. The maximum absolute atomic E-state index is 12.3. The van der Waals surface area contributed by atoms with Crippen LogP contribution in [0.1, 0.15) is 19.3 Å². The van der Waals surface area contributed by atoms with Crippen LogP contribution in [0, 0.1) is 0 Å². The zero-order valence-electron chi connectivity index (χ0n) is 17.0. The molecule has 156 valence electrons. The first-order valence-corrected chi connectivity index (χ1v) is 11.0. The molecular formula is C23H25BrN4O2. The number of methoxy groups -OCH3 is 1. The quantitative estimate of drug-likeness (QED) is 0.477. The summed E-state index contributed by atoms with van der Waals surface area (Å²) in [6.07, 6.45) is 2.66. The second-order valence-electron chi connectivity index (χ2n) is 7.42. The van der Waals surface area contributed by atoms with Crippen LogP contribution in [-0.4, -0.2) is 48.7 Å². The lowest BCUT2D eigenvalue weighted by atomic mass is 10.1. The number of nitrogens with one attached hydrogen (secondary N) is 1. The standard InChI is InChI=1S/C23H25BrN4O2/c1-30-14-12-25-21(29)11-13-28(18-9-10-18)23-19-7-2-3-8-20(19)26-22(27-23)16-5-4-6-17(24)15-16/h2-8,15,18H,9-14H2,1H3,(H,25,29). The van der Waals surface area contributed by atoms with E-state index in [0.717, 1.165) is 39.6 Å². The van der Waals surface area contributed by atoms with Gasteiger partial charge in [0.05, 0.1) is 12.1 Å². The van der Waals surface area contributed by atoms with Gasteiger partial charge in [0, 0.05) is 48.1 Å². The Morgan fingerprint density at radius 1 is 1.20 bits per heavy atom. The van der Waals surface area contributed by atoms with Crippen molar-refractivity contribution in [1.29, 1.82) is 0 Å². The molecule has 1 amide bonds. The van der Waals surface area contributed by atoms with Crippen molar-refractivity contribution in [2.45, 2.75) is 25.3 Å². The number of para-hydroxylation sites is 1. The Bertz CT molecular complexity index is 1040. The fraction of sp³-hybridized carbons (Fsp3) is 0.348. The van der Waals surface area contributed by atoms with E-state index in [9.17, 15) is 4.79 Å². The summed E-state index contributed by atoms with van der Waals surface area (Å²) in [5, 5.41) is 3.92. The number of ether oxygens (including phenoxy) is 1. The topological polar surface area (TPSA) is 67.3 Å². The third-order valence-corrected chi connectivity index (χ3v) is 5.63. The number of carbonyl (C=O) groups is 1. The minimum absolute atomic E-state index is 0.0308. The number of benzene rings is 2. The zero-order chi connectivity index (χ0) is 20.9. The van der Waals surface area contributed by atoms with Crippen LogP contribution in [0.5, 0.6) is 0 Å². The van der Waals surface area contributed by atoms with Crippen LogP contribution in [0.2, 0.25) is 0 Å². The number of anilines is 1. The van der Waals surface area contributed by atoms with E-state index < -0.39 is 0 Å². The Balaban J connectivity index is 1.65. The highest BCUT2D eigenvalue weighted by molar-refractivity contribution is 9.10. The van der Waals surface area contributed by atoms with Crippen molar-refractivity contribution in [1.82, 2.24) is 15.3 Å². The molecule has 1 aliphatic carbocycles. The van der Waals surface area contributed by atoms with Crippen molar-refractivity contribution >= 4 is 38.6 Å². The molecule has 6 nitrogen and oxygen atoms in total. The molecule has 0 bridgehead atoms. The van der Waals surface area contributed by atoms with Gasteiger partial charge in [0.15, 0.2) is 5.82 Å². The lowest BCUT2D eigenvalue weighted by Crippen LogP contribution is -2.34. The van der Waals surface area contributed by atoms with Crippen molar-refractivity contribution in [3.63, 3.8) is 0 Å². The number of rotatable bonds is 9. The van der Waals surface area contributed by atoms with Gasteiger partial charge in [-0.05, 0) is 37.1 Å². The third-order valence-electron chi connectivity index (χ3n) is 5.13. The first-order chi connectivity index (χ1) is 14.7. The monoisotopic (exact) mass is 468 g/mol. The van der Waals surface area contributed by atoms with Crippen LogP contribution in [0.3, 0.4) is 0 Å². The van der Waals surface area contributed by atoms with E-state index in [4.69, 9.17) is 14.7 Å². The molecule has 30 heavy (non-hydrogen) atoms. The summed E-state index contributed by atoms with van der Waals surface area (Å²) in [4.78, 5) is 24.3. The Kier molecular flexibility index (Phi) is 6.59. The molecule has 7 heteroatoms. The summed E-state index contributed by atoms with van der Waals surface area (Å²) in [7, 11) is 1.63. The molecule has 0 spiro atoms. The highest BCUT2D eigenvalue weighted by Crippen LogP contribution is 2.35. The lowest BCUT2D eigenvalue weighted by molar-refractivity contribution is -0.121. The van der Waals surface area contributed by atoms with Crippen LogP contribution in [0.4, 0.5) is 5.82 Å². The van der Waals surface area contributed by atoms with Gasteiger partial charge in [0.2, 0.25) is 5.91 Å². The van der Waals surface area contributed by atoms with E-state index in [-0.39, 0.29) is 5.91 Å². The first-order valence-electron chi connectivity index (χ1n) is 10.2. The molecule has 2 aromatic carbocycles. The second-order valence-corrected chi connectivity index (χ2v) is 8.33. The number of hydrogen-bond acceptors (Lipinski definition) is 5. The van der Waals surface area contributed by atoms with E-state index >= 15 is 0 Å². The highest BCUT2D eigenvalue weighted by atomic mass is 79.9. The maximum atomic E-state index is 12.3. The first kappa shape index (κ1) is 20.8. The van der Waals surface area contributed by atoms with Crippen LogP contribution in [0.15, 0.2) is 53.0 Å². The maximum Gasteiger partial charge on any atom is 0.221 e. The number of carbonyl (C=O) groups excluding carboxylic acids is 1. The van der Waals surface area contributed by atoms with Gasteiger partial charge in [0.25, 0.3) is 0 Å². The molecule has 0 saturated heterocycles. The van der Waals surface area contributed by atoms with Gasteiger partial charge in [-0.25, -0.2) is 9.97 Å². The molecule has 1 aliphatic rings. The lowest BCUT2D eigenvalue weighted by Gasteiger charge is -2.25. The fourth-order valence-electron chi connectivity index (χ4n) is 3.49. The van der Waals surface area contributed by atoms with Crippen molar-refractivity contribution in [3.8, 4) is 11.4 Å². The summed E-state index contributed by atoms with van der Waals surface area (Å²) in [5.74, 6) is 1.63. The summed E-state index contributed by atoms with van der Waals surface area (Å²) in [5.41, 5.74) is 1.87. The van der Waals surface area contributed by atoms with Crippen molar-refractivity contribution in [3.05, 3.63) is 53.0 Å². The van der Waals surface area contributed by atoms with Gasteiger partial charge in [-0.1, -0.05) is 40.2 Å². The van der Waals surface area contributed by atoms with Gasteiger partial charge in [-0.2, -0.15) is 0 Å². The normalized spacial score (nSPS) is 13.4. The molecule has 1 fully saturated rings. The summed E-state index contributed by atoms with van der Waals surface area (Å²) < 4.78 is 5.99. The van der Waals surface area contributed by atoms with Crippen LogP contribution < -0.4 is 10.2 Å². The van der Waals surface area contributed by atoms with E-state index in [2.05, 4.69) is 32.2 Å². The molecular weight excluding hydrogens is 444 g/mol. The van der Waals surface area contributed by atoms with E-state index in [1.807, 2.05) is 42.5 Å². The second kappa shape index (κ2) is 9.53. The summed E-state index contributed by atoms with van der Waals surface area (Å²) in [6, 6.07) is 16.5. The van der Waals surface area contributed by atoms with Crippen LogP contribution >= 0.6 is 15.9 Å². The van der Waals surface area contributed by atoms with Gasteiger partial charge >= 0.3 is 0 Å². The number of fused-ring (bicyclic) bond motifs is 1. The number of halogens is 1. The minimum Gasteiger partial charge on any atom is -0.383 e. The third kappa shape index (κ3) is 4.96. The van der Waals surface area contributed by atoms with Gasteiger partial charge < -0.3 is 15.0 Å². The molecule has 0 unspecified atom stereocenters. The molecule has 1 N–H and O–H groups in total. The molecule has 3 aromatic rings. The average Bonchev–Trinajstić information content (AvgIpc) is 3.59. The molecule has 1 heterocycles. The number of nitrogens with zero attached hydrogens (tertiary/aromatic N) is 3. The number of aromatic nitrogens is 2. The smallest absolute Gasteiger partial charge is 0.221 e. The Morgan fingerprint density at radius 3 is 2.80 bits per heavy atom.